The topological polar surface area (TPSA) is 3.24 Å². The van der Waals surface area contributed by atoms with Gasteiger partial charge in [-0.05, 0) is 31.6 Å². The van der Waals surface area contributed by atoms with Crippen LogP contribution in [0.3, 0.4) is 0 Å². The third-order valence-electron chi connectivity index (χ3n) is 4.34. The summed E-state index contributed by atoms with van der Waals surface area (Å²) in [4.78, 5) is 2.32. The molecule has 0 aromatic carbocycles. The van der Waals surface area contributed by atoms with Crippen LogP contribution in [-0.4, -0.2) is 23.5 Å². The number of hydrogen-bond acceptors (Lipinski definition) is 1. The average Bonchev–Trinajstić information content (AvgIpc) is 2.41. The van der Waals surface area contributed by atoms with E-state index in [1.54, 1.807) is 0 Å². The highest BCUT2D eigenvalue weighted by atomic mass is 15.2. The van der Waals surface area contributed by atoms with Crippen LogP contribution in [0.5, 0.6) is 0 Å². The lowest BCUT2D eigenvalue weighted by atomic mass is 9.88. The highest BCUT2D eigenvalue weighted by Crippen LogP contribution is 2.30. The van der Waals surface area contributed by atoms with Crippen LogP contribution in [0, 0.1) is 5.92 Å². The molecule has 1 nitrogen and oxygen atoms in total. The van der Waals surface area contributed by atoms with Gasteiger partial charge in [-0.3, -0.25) is 4.90 Å². The predicted octanol–water partition coefficient (Wildman–Crippen LogP) is 4.61. The average molecular weight is 239 g/mol. The lowest BCUT2D eigenvalue weighted by Gasteiger charge is -2.42. The van der Waals surface area contributed by atoms with Crippen molar-refractivity contribution >= 4 is 0 Å². The highest BCUT2D eigenvalue weighted by molar-refractivity contribution is 4.84. The molecular weight excluding hydrogens is 206 g/mol. The van der Waals surface area contributed by atoms with Crippen molar-refractivity contribution in [3.8, 4) is 0 Å². The van der Waals surface area contributed by atoms with E-state index in [4.69, 9.17) is 2.74 Å². The van der Waals surface area contributed by atoms with Crippen molar-refractivity contribution in [3.63, 3.8) is 0 Å². The van der Waals surface area contributed by atoms with Gasteiger partial charge in [-0.1, -0.05) is 52.4 Å². The maximum absolute atomic E-state index is 8.60. The van der Waals surface area contributed by atoms with E-state index < -0.39 is 6.50 Å². The second-order valence-corrected chi connectivity index (χ2v) is 6.27. The Morgan fingerprint density at radius 1 is 0.882 bits per heavy atom. The van der Waals surface area contributed by atoms with Crippen molar-refractivity contribution in [2.24, 2.45) is 5.92 Å². The van der Waals surface area contributed by atoms with E-state index >= 15 is 0 Å². The Kier molecular flexibility index (Phi) is 4.32. The fourth-order valence-electron chi connectivity index (χ4n) is 3.53. The Labute approximate surface area is 111 Å². The minimum absolute atomic E-state index is 0.0800. The first-order valence-corrected chi connectivity index (χ1v) is 7.82. The van der Waals surface area contributed by atoms with Crippen molar-refractivity contribution in [2.75, 3.05) is 6.50 Å². The highest BCUT2D eigenvalue weighted by Gasteiger charge is 2.28. The Bertz CT molecular complexity index is 248. The zero-order valence-electron chi connectivity index (χ0n) is 13.8. The van der Waals surface area contributed by atoms with Gasteiger partial charge >= 0.3 is 0 Å². The molecule has 17 heavy (non-hydrogen) atoms. The van der Waals surface area contributed by atoms with Gasteiger partial charge in [0.2, 0.25) is 0 Å². The fourth-order valence-corrected chi connectivity index (χ4v) is 3.53. The zero-order chi connectivity index (χ0) is 13.9. The van der Waals surface area contributed by atoms with Crippen LogP contribution in [0.2, 0.25) is 0 Å². The normalized spacial score (nSPS) is 27.3. The van der Waals surface area contributed by atoms with Gasteiger partial charge in [-0.2, -0.15) is 0 Å². The summed E-state index contributed by atoms with van der Waals surface area (Å²) in [5, 5.41) is 0. The summed E-state index contributed by atoms with van der Waals surface area (Å²) in [5.41, 5.74) is 0. The van der Waals surface area contributed by atoms with Gasteiger partial charge in [0.05, 0.1) is 0 Å². The second kappa shape index (κ2) is 6.78. The summed E-state index contributed by atoms with van der Waals surface area (Å²) in [7, 11) is 0. The molecule has 2 aliphatic carbocycles. The third kappa shape index (κ3) is 3.98. The molecular formula is C16H31N. The van der Waals surface area contributed by atoms with Crippen LogP contribution in [0.25, 0.3) is 0 Å². The molecule has 0 spiro atoms. The summed E-state index contributed by atoms with van der Waals surface area (Å²) >= 11 is 0. The number of rotatable bonds is 4. The maximum Gasteiger partial charge on any atom is 0.0433 e. The third-order valence-corrected chi connectivity index (χ3v) is 4.34. The van der Waals surface area contributed by atoms with Crippen LogP contribution in [-0.2, 0) is 0 Å². The first-order chi connectivity index (χ1) is 9.03. The second-order valence-electron chi connectivity index (χ2n) is 6.27. The van der Waals surface area contributed by atoms with Gasteiger partial charge in [-0.25, -0.2) is 0 Å². The molecule has 0 aromatic rings. The molecule has 0 unspecified atom stereocenters. The van der Waals surface area contributed by atoms with E-state index in [2.05, 4.69) is 4.90 Å². The molecule has 1 heteroatoms. The van der Waals surface area contributed by atoms with E-state index in [-0.39, 0.29) is 5.92 Å². The lowest BCUT2D eigenvalue weighted by Crippen LogP contribution is -2.46. The molecule has 0 heterocycles. The van der Waals surface area contributed by atoms with E-state index in [0.29, 0.717) is 12.1 Å². The summed E-state index contributed by atoms with van der Waals surface area (Å²) in [6.07, 6.45) is 12.7. The first kappa shape index (κ1) is 10.8. The number of nitrogens with zero attached hydrogens (tertiary/aromatic N) is 1. The largest absolute Gasteiger partial charge is 0.297 e. The van der Waals surface area contributed by atoms with Gasteiger partial charge in [0.1, 0.15) is 0 Å². The predicted molar refractivity (Wildman–Crippen MR) is 75.3 cm³/mol. The van der Waals surface area contributed by atoms with E-state index in [0.717, 1.165) is 0 Å². The van der Waals surface area contributed by atoms with Gasteiger partial charge < -0.3 is 0 Å². The fraction of sp³-hybridized carbons (Fsp3) is 1.00. The molecule has 0 aromatic heterocycles. The molecule has 0 aliphatic heterocycles. The molecule has 0 radical (unpaired) electrons. The zero-order valence-corrected chi connectivity index (χ0v) is 11.8. The molecule has 0 N–H and O–H groups in total. The Morgan fingerprint density at radius 3 is 1.65 bits per heavy atom. The van der Waals surface area contributed by atoms with Crippen LogP contribution in [0.15, 0.2) is 0 Å². The molecule has 0 bridgehead atoms. The minimum atomic E-state index is -1.13. The van der Waals surface area contributed by atoms with E-state index in [9.17, 15) is 0 Å². The number of hydrogen-bond donors (Lipinski definition) is 0. The lowest BCUT2D eigenvalue weighted by molar-refractivity contribution is 0.0690. The van der Waals surface area contributed by atoms with Gasteiger partial charge in [0.25, 0.3) is 0 Å². The standard InChI is InChI=1S/C16H31N/c1-14(2)13-17(15-9-5-3-6-10-15)16-11-7-4-8-12-16/h14-16H,3-13H2,1-2H3/i13D2. The van der Waals surface area contributed by atoms with Crippen molar-refractivity contribution in [2.45, 2.75) is 90.1 Å². The van der Waals surface area contributed by atoms with Crippen LogP contribution in [0.4, 0.5) is 0 Å². The Hall–Kier alpha value is -0.0400. The van der Waals surface area contributed by atoms with E-state index in [1.807, 2.05) is 13.8 Å². The molecule has 0 saturated heterocycles. The van der Waals surface area contributed by atoms with E-state index in [1.165, 1.54) is 64.2 Å². The molecule has 2 rings (SSSR count). The molecule has 2 saturated carbocycles. The van der Waals surface area contributed by atoms with Gasteiger partial charge in [-0.15, -0.1) is 0 Å². The summed E-state index contributed by atoms with van der Waals surface area (Å²) in [6, 6.07) is 0.989. The summed E-state index contributed by atoms with van der Waals surface area (Å²) in [5.74, 6) is 0.0800. The Morgan fingerprint density at radius 2 is 1.29 bits per heavy atom. The molecule has 0 amide bonds. The van der Waals surface area contributed by atoms with Crippen molar-refractivity contribution in [3.05, 3.63) is 0 Å². The van der Waals surface area contributed by atoms with Crippen LogP contribution in [0.1, 0.15) is 80.8 Å². The molecule has 2 aliphatic rings. The smallest absolute Gasteiger partial charge is 0.0433 e. The van der Waals surface area contributed by atoms with Gasteiger partial charge in [0.15, 0.2) is 0 Å². The minimum Gasteiger partial charge on any atom is -0.297 e. The monoisotopic (exact) mass is 239 g/mol. The van der Waals surface area contributed by atoms with Crippen LogP contribution >= 0.6 is 0 Å². The summed E-state index contributed by atoms with van der Waals surface area (Å²) < 4.78 is 17.2. The Balaban J connectivity index is 2.15. The van der Waals surface area contributed by atoms with Crippen molar-refractivity contribution in [1.29, 1.82) is 0 Å². The van der Waals surface area contributed by atoms with Gasteiger partial charge in [0, 0.05) is 21.3 Å². The maximum atomic E-state index is 8.60. The van der Waals surface area contributed by atoms with Crippen LogP contribution < -0.4 is 0 Å². The first-order valence-electron chi connectivity index (χ1n) is 8.82. The molecule has 100 valence electrons. The summed E-state index contributed by atoms with van der Waals surface area (Å²) in [6.45, 7) is 2.95. The van der Waals surface area contributed by atoms with Crippen molar-refractivity contribution < 1.29 is 2.74 Å². The van der Waals surface area contributed by atoms with Crippen molar-refractivity contribution in [1.82, 2.24) is 4.90 Å². The molecule has 0 atom stereocenters. The quantitative estimate of drug-likeness (QED) is 0.692. The molecule has 2 fully saturated rings. The SMILES string of the molecule is [2H]C([2H])(C(C)C)N(C1CCCCC1)C1CCCCC1.